The van der Waals surface area contributed by atoms with Gasteiger partial charge in [-0.1, -0.05) is 0 Å². The van der Waals surface area contributed by atoms with Gasteiger partial charge in [0.2, 0.25) is 0 Å². The Hall–Kier alpha value is -1.58. The maximum atomic E-state index is 10.4. The molecule has 0 atom stereocenters. The summed E-state index contributed by atoms with van der Waals surface area (Å²) in [5.74, 6) is -1.21. The van der Waals surface area contributed by atoms with Crippen molar-refractivity contribution in [3.63, 3.8) is 0 Å². The van der Waals surface area contributed by atoms with Crippen molar-refractivity contribution < 1.29 is 15.0 Å². The van der Waals surface area contributed by atoms with Crippen LogP contribution in [0.4, 0.5) is 0 Å². The molecule has 0 aromatic carbocycles. The highest BCUT2D eigenvalue weighted by molar-refractivity contribution is 5.89. The lowest BCUT2D eigenvalue weighted by molar-refractivity contribution is 0.0695. The van der Waals surface area contributed by atoms with E-state index >= 15 is 0 Å². The number of carboxylic acids is 1. The van der Waals surface area contributed by atoms with Gasteiger partial charge in [-0.25, -0.2) is 4.79 Å². The molecule has 0 fully saturated rings. The quantitative estimate of drug-likeness (QED) is 0.625. The van der Waals surface area contributed by atoms with E-state index in [1.165, 1.54) is 12.3 Å². The summed E-state index contributed by atoms with van der Waals surface area (Å²) in [6.07, 6.45) is 1.21. The van der Waals surface area contributed by atoms with E-state index in [1.807, 2.05) is 0 Å². The van der Waals surface area contributed by atoms with Crippen molar-refractivity contribution in [1.29, 1.82) is 0 Å². The first-order valence-electron chi connectivity index (χ1n) is 3.00. The number of nitrogens with zero attached hydrogens (tertiary/aromatic N) is 1. The van der Waals surface area contributed by atoms with E-state index in [4.69, 9.17) is 10.2 Å². The Bertz CT molecular complexity index is 296. The van der Waals surface area contributed by atoms with Crippen LogP contribution < -0.4 is 0 Å². The maximum Gasteiger partial charge on any atom is 0.337 e. The third kappa shape index (κ3) is 1.46. The van der Waals surface area contributed by atoms with E-state index in [2.05, 4.69) is 4.98 Å². The van der Waals surface area contributed by atoms with E-state index in [9.17, 15) is 4.79 Å². The minimum absolute atomic E-state index is 0.0324. The molecule has 0 aliphatic heterocycles. The predicted molar refractivity (Wildman–Crippen MR) is 37.6 cm³/mol. The number of aromatic carboxylic acids is 1. The summed E-state index contributed by atoms with van der Waals surface area (Å²) in [6.45, 7) is 1.57. The summed E-state index contributed by atoms with van der Waals surface area (Å²) in [5, 5.41) is 17.4. The lowest BCUT2D eigenvalue weighted by Crippen LogP contribution is -2.00. The van der Waals surface area contributed by atoms with Gasteiger partial charge in [-0.05, 0) is 13.0 Å². The Kier molecular flexibility index (Phi) is 1.76. The molecule has 4 nitrogen and oxygen atoms in total. The molecule has 1 aromatic heterocycles. The van der Waals surface area contributed by atoms with Crippen LogP contribution in [0, 0.1) is 6.92 Å². The van der Waals surface area contributed by atoms with Gasteiger partial charge >= 0.3 is 5.97 Å². The Balaban J connectivity index is 3.23. The van der Waals surface area contributed by atoms with Gasteiger partial charge in [0.15, 0.2) is 0 Å². The van der Waals surface area contributed by atoms with Crippen molar-refractivity contribution in [1.82, 2.24) is 4.98 Å². The highest BCUT2D eigenvalue weighted by Crippen LogP contribution is 2.12. The zero-order valence-corrected chi connectivity index (χ0v) is 5.90. The topological polar surface area (TPSA) is 70.4 Å². The van der Waals surface area contributed by atoms with Gasteiger partial charge < -0.3 is 10.2 Å². The number of pyridine rings is 1. The molecule has 0 unspecified atom stereocenters. The van der Waals surface area contributed by atoms with Crippen molar-refractivity contribution >= 4 is 5.97 Å². The molecule has 0 aliphatic carbocycles. The number of hydrogen-bond donors (Lipinski definition) is 2. The van der Waals surface area contributed by atoms with Crippen molar-refractivity contribution in [2.24, 2.45) is 0 Å². The zero-order valence-electron chi connectivity index (χ0n) is 5.90. The Morgan fingerprint density at radius 3 is 2.73 bits per heavy atom. The average Bonchev–Trinajstić information content (AvgIpc) is 1.94. The van der Waals surface area contributed by atoms with Crippen LogP contribution in [0.15, 0.2) is 12.3 Å². The fourth-order valence-corrected chi connectivity index (χ4v) is 0.739. The van der Waals surface area contributed by atoms with E-state index in [0.29, 0.717) is 5.69 Å². The first kappa shape index (κ1) is 7.53. The van der Waals surface area contributed by atoms with Gasteiger partial charge in [0, 0.05) is 0 Å². The Labute approximate surface area is 63.1 Å². The molecule has 1 rings (SSSR count). The number of carbonyl (C=O) groups is 1. The Morgan fingerprint density at radius 2 is 2.27 bits per heavy atom. The van der Waals surface area contributed by atoms with Crippen molar-refractivity contribution in [2.45, 2.75) is 6.92 Å². The molecule has 0 saturated carbocycles. The molecule has 0 saturated heterocycles. The molecule has 1 heterocycles. The van der Waals surface area contributed by atoms with Crippen LogP contribution in [0.2, 0.25) is 0 Å². The molecule has 0 amide bonds. The molecular formula is C7H7NO3. The monoisotopic (exact) mass is 153 g/mol. The molecule has 0 aliphatic rings. The second-order valence-electron chi connectivity index (χ2n) is 2.13. The predicted octanol–water partition coefficient (Wildman–Crippen LogP) is 0.794. The van der Waals surface area contributed by atoms with Crippen LogP contribution in [0.5, 0.6) is 5.75 Å². The number of carboxylic acid groups (broad SMARTS) is 1. The van der Waals surface area contributed by atoms with E-state index in [1.54, 1.807) is 6.92 Å². The number of aryl methyl sites for hydroxylation is 1. The fourth-order valence-electron chi connectivity index (χ4n) is 0.739. The molecule has 11 heavy (non-hydrogen) atoms. The molecular weight excluding hydrogens is 146 g/mol. The summed E-state index contributed by atoms with van der Waals surface area (Å²) < 4.78 is 0. The molecule has 4 heteroatoms. The van der Waals surface area contributed by atoms with Crippen LogP contribution in [0.3, 0.4) is 0 Å². The van der Waals surface area contributed by atoms with Crippen LogP contribution >= 0.6 is 0 Å². The Morgan fingerprint density at radius 1 is 1.64 bits per heavy atom. The smallest absolute Gasteiger partial charge is 0.337 e. The lowest BCUT2D eigenvalue weighted by atomic mass is 10.2. The number of hydrogen-bond acceptors (Lipinski definition) is 3. The van der Waals surface area contributed by atoms with Crippen molar-refractivity contribution in [2.75, 3.05) is 0 Å². The number of aromatic hydroxyl groups is 1. The lowest BCUT2D eigenvalue weighted by Gasteiger charge is -1.98. The summed E-state index contributed by atoms with van der Waals surface area (Å²) in [7, 11) is 0. The fraction of sp³-hybridized carbons (Fsp3) is 0.143. The molecule has 0 radical (unpaired) electrons. The van der Waals surface area contributed by atoms with Crippen molar-refractivity contribution in [3.8, 4) is 5.75 Å². The standard InChI is InChI=1S/C7H7NO3/c1-4-6(7(10)11)2-5(9)3-8-4/h2-3,9H,1H3,(H,10,11). The van der Waals surface area contributed by atoms with Crippen LogP contribution in [-0.2, 0) is 0 Å². The van der Waals surface area contributed by atoms with Gasteiger partial charge in [-0.3, -0.25) is 4.98 Å². The minimum Gasteiger partial charge on any atom is -0.506 e. The summed E-state index contributed by atoms with van der Waals surface area (Å²) in [5.41, 5.74) is 0.431. The first-order valence-corrected chi connectivity index (χ1v) is 3.00. The second-order valence-corrected chi connectivity index (χ2v) is 2.13. The third-order valence-electron chi connectivity index (χ3n) is 1.30. The molecule has 58 valence electrons. The molecule has 2 N–H and O–H groups in total. The van der Waals surface area contributed by atoms with E-state index in [-0.39, 0.29) is 11.3 Å². The average molecular weight is 153 g/mol. The summed E-state index contributed by atoms with van der Waals surface area (Å²) >= 11 is 0. The van der Waals surface area contributed by atoms with E-state index < -0.39 is 5.97 Å². The minimum atomic E-state index is -1.08. The normalized spacial score (nSPS) is 9.55. The summed E-state index contributed by atoms with van der Waals surface area (Å²) in [6, 6.07) is 1.17. The number of rotatable bonds is 1. The van der Waals surface area contributed by atoms with Gasteiger partial charge in [0.05, 0.1) is 17.5 Å². The zero-order chi connectivity index (χ0) is 8.43. The van der Waals surface area contributed by atoms with Gasteiger partial charge in [-0.15, -0.1) is 0 Å². The first-order chi connectivity index (χ1) is 5.11. The van der Waals surface area contributed by atoms with Gasteiger partial charge in [-0.2, -0.15) is 0 Å². The maximum absolute atomic E-state index is 10.4. The van der Waals surface area contributed by atoms with Crippen LogP contribution in [0.25, 0.3) is 0 Å². The van der Waals surface area contributed by atoms with Gasteiger partial charge in [0.1, 0.15) is 5.75 Å². The number of aromatic nitrogens is 1. The second kappa shape index (κ2) is 2.57. The van der Waals surface area contributed by atoms with Crippen molar-refractivity contribution in [3.05, 3.63) is 23.5 Å². The van der Waals surface area contributed by atoms with Crippen LogP contribution in [0.1, 0.15) is 16.1 Å². The third-order valence-corrected chi connectivity index (χ3v) is 1.30. The van der Waals surface area contributed by atoms with Crippen LogP contribution in [-0.4, -0.2) is 21.2 Å². The largest absolute Gasteiger partial charge is 0.506 e. The highest BCUT2D eigenvalue weighted by Gasteiger charge is 2.07. The van der Waals surface area contributed by atoms with Gasteiger partial charge in [0.25, 0.3) is 0 Å². The highest BCUT2D eigenvalue weighted by atomic mass is 16.4. The SMILES string of the molecule is Cc1ncc(O)cc1C(=O)O. The molecule has 1 aromatic rings. The molecule has 0 spiro atoms. The van der Waals surface area contributed by atoms with E-state index in [0.717, 1.165) is 0 Å². The molecule has 0 bridgehead atoms. The summed E-state index contributed by atoms with van der Waals surface area (Å²) in [4.78, 5) is 14.1.